The number of carbonyl (C=O) groups is 2. The quantitative estimate of drug-likeness (QED) is 0.640. The van der Waals surface area contributed by atoms with Gasteiger partial charge in [-0.05, 0) is 37.0 Å². The van der Waals surface area contributed by atoms with E-state index in [4.69, 9.17) is 5.11 Å². The lowest BCUT2D eigenvalue weighted by atomic mass is 10.1. The maximum atomic E-state index is 11.5. The van der Waals surface area contributed by atoms with Crippen LogP contribution in [0.15, 0.2) is 24.3 Å². The Labute approximate surface area is 119 Å². The SMILES string of the molecule is CCCCNC(=O)Nc1ccc(CCCC(=O)O)cc1. The highest BCUT2D eigenvalue weighted by Crippen LogP contribution is 2.11. The van der Waals surface area contributed by atoms with E-state index in [0.29, 0.717) is 13.0 Å². The molecule has 0 atom stereocenters. The van der Waals surface area contributed by atoms with Gasteiger partial charge in [0.1, 0.15) is 0 Å². The molecule has 0 unspecified atom stereocenters. The minimum atomic E-state index is -0.771. The number of amides is 2. The lowest BCUT2D eigenvalue weighted by molar-refractivity contribution is -0.137. The first-order valence-corrected chi connectivity index (χ1v) is 6.97. The first-order valence-electron chi connectivity index (χ1n) is 6.97. The molecule has 0 aliphatic rings. The number of nitrogens with one attached hydrogen (secondary N) is 2. The van der Waals surface area contributed by atoms with E-state index < -0.39 is 5.97 Å². The van der Waals surface area contributed by atoms with Crippen molar-refractivity contribution in [2.24, 2.45) is 0 Å². The van der Waals surface area contributed by atoms with Crippen molar-refractivity contribution in [3.8, 4) is 0 Å². The van der Waals surface area contributed by atoms with Gasteiger partial charge < -0.3 is 15.7 Å². The molecule has 0 saturated heterocycles. The van der Waals surface area contributed by atoms with Crippen LogP contribution in [0.1, 0.15) is 38.2 Å². The smallest absolute Gasteiger partial charge is 0.319 e. The summed E-state index contributed by atoms with van der Waals surface area (Å²) in [5.41, 5.74) is 1.81. The minimum absolute atomic E-state index is 0.180. The van der Waals surface area contributed by atoms with Crippen molar-refractivity contribution in [3.63, 3.8) is 0 Å². The highest BCUT2D eigenvalue weighted by Gasteiger charge is 2.02. The molecule has 0 fully saturated rings. The van der Waals surface area contributed by atoms with Crippen LogP contribution in [0.3, 0.4) is 0 Å². The van der Waals surface area contributed by atoms with Gasteiger partial charge in [0.05, 0.1) is 0 Å². The summed E-state index contributed by atoms with van der Waals surface area (Å²) in [7, 11) is 0. The minimum Gasteiger partial charge on any atom is -0.481 e. The van der Waals surface area contributed by atoms with Crippen molar-refractivity contribution in [1.82, 2.24) is 5.32 Å². The monoisotopic (exact) mass is 278 g/mol. The predicted octanol–water partition coefficient (Wildman–Crippen LogP) is 3.02. The molecule has 3 N–H and O–H groups in total. The molecule has 0 aliphatic carbocycles. The van der Waals surface area contributed by atoms with Gasteiger partial charge in [-0.1, -0.05) is 25.5 Å². The number of unbranched alkanes of at least 4 members (excludes halogenated alkanes) is 1. The number of anilines is 1. The third kappa shape index (κ3) is 6.78. The lowest BCUT2D eigenvalue weighted by Gasteiger charge is -2.08. The molecule has 0 radical (unpaired) electrons. The molecule has 0 spiro atoms. The predicted molar refractivity (Wildman–Crippen MR) is 78.9 cm³/mol. The number of aliphatic carboxylic acids is 1. The Hall–Kier alpha value is -2.04. The second-order valence-corrected chi connectivity index (χ2v) is 4.68. The molecule has 0 bridgehead atoms. The maximum absolute atomic E-state index is 11.5. The molecule has 5 heteroatoms. The van der Waals surface area contributed by atoms with Crippen LogP contribution in [0, 0.1) is 0 Å². The average molecular weight is 278 g/mol. The molecule has 0 aromatic heterocycles. The number of aryl methyl sites for hydroxylation is 1. The zero-order valence-electron chi connectivity index (χ0n) is 11.8. The number of rotatable bonds is 8. The summed E-state index contributed by atoms with van der Waals surface area (Å²) in [5.74, 6) is -0.771. The molecule has 5 nitrogen and oxygen atoms in total. The fourth-order valence-corrected chi connectivity index (χ4v) is 1.75. The van der Waals surface area contributed by atoms with Crippen LogP contribution in [-0.2, 0) is 11.2 Å². The number of hydrogen-bond donors (Lipinski definition) is 3. The summed E-state index contributed by atoms with van der Waals surface area (Å²) in [5, 5.41) is 14.1. The molecule has 110 valence electrons. The van der Waals surface area contributed by atoms with Crippen LogP contribution in [0.4, 0.5) is 10.5 Å². The maximum Gasteiger partial charge on any atom is 0.319 e. The van der Waals surface area contributed by atoms with Crippen LogP contribution < -0.4 is 10.6 Å². The molecular formula is C15H22N2O3. The van der Waals surface area contributed by atoms with Gasteiger partial charge in [-0.25, -0.2) is 4.79 Å². The summed E-state index contributed by atoms with van der Waals surface area (Å²) >= 11 is 0. The molecule has 1 aromatic carbocycles. The van der Waals surface area contributed by atoms with Gasteiger partial charge in [-0.15, -0.1) is 0 Å². The molecule has 0 saturated carbocycles. The van der Waals surface area contributed by atoms with E-state index in [9.17, 15) is 9.59 Å². The van der Waals surface area contributed by atoms with Crippen molar-refractivity contribution in [2.45, 2.75) is 39.0 Å². The van der Waals surface area contributed by atoms with Crippen LogP contribution in [-0.4, -0.2) is 23.7 Å². The van der Waals surface area contributed by atoms with E-state index in [1.54, 1.807) is 0 Å². The number of hydrogen-bond acceptors (Lipinski definition) is 2. The summed E-state index contributed by atoms with van der Waals surface area (Å²) in [6.07, 6.45) is 3.55. The molecule has 1 aromatic rings. The first-order chi connectivity index (χ1) is 9.61. The number of carbonyl (C=O) groups excluding carboxylic acids is 1. The van der Waals surface area contributed by atoms with Crippen LogP contribution >= 0.6 is 0 Å². The highest BCUT2D eigenvalue weighted by molar-refractivity contribution is 5.89. The van der Waals surface area contributed by atoms with E-state index in [2.05, 4.69) is 17.6 Å². The third-order valence-electron chi connectivity index (χ3n) is 2.88. The fourth-order valence-electron chi connectivity index (χ4n) is 1.75. The van der Waals surface area contributed by atoms with Gasteiger partial charge in [-0.2, -0.15) is 0 Å². The molecule has 2 amide bonds. The number of carboxylic acids is 1. The van der Waals surface area contributed by atoms with Crippen molar-refractivity contribution >= 4 is 17.7 Å². The Morgan fingerprint density at radius 3 is 2.45 bits per heavy atom. The Bertz CT molecular complexity index is 429. The van der Waals surface area contributed by atoms with Gasteiger partial charge in [0.2, 0.25) is 0 Å². The zero-order valence-corrected chi connectivity index (χ0v) is 11.8. The van der Waals surface area contributed by atoms with Crippen molar-refractivity contribution in [3.05, 3.63) is 29.8 Å². The number of benzene rings is 1. The summed E-state index contributed by atoms with van der Waals surface area (Å²) in [6.45, 7) is 2.75. The zero-order chi connectivity index (χ0) is 14.8. The van der Waals surface area contributed by atoms with E-state index in [1.807, 2.05) is 24.3 Å². The normalized spacial score (nSPS) is 10.1. The fraction of sp³-hybridized carbons (Fsp3) is 0.467. The Morgan fingerprint density at radius 1 is 1.15 bits per heavy atom. The lowest BCUT2D eigenvalue weighted by Crippen LogP contribution is -2.29. The summed E-state index contributed by atoms with van der Waals surface area (Å²) in [4.78, 5) is 22.0. The van der Waals surface area contributed by atoms with Gasteiger partial charge in [-0.3, -0.25) is 4.79 Å². The molecular weight excluding hydrogens is 256 g/mol. The second-order valence-electron chi connectivity index (χ2n) is 4.68. The topological polar surface area (TPSA) is 78.4 Å². The van der Waals surface area contributed by atoms with Gasteiger partial charge in [0, 0.05) is 18.7 Å². The van der Waals surface area contributed by atoms with Crippen LogP contribution in [0.25, 0.3) is 0 Å². The van der Waals surface area contributed by atoms with Crippen molar-refractivity contribution in [2.75, 3.05) is 11.9 Å². The highest BCUT2D eigenvalue weighted by atomic mass is 16.4. The molecule has 0 aliphatic heterocycles. The van der Waals surface area contributed by atoms with E-state index in [-0.39, 0.29) is 12.5 Å². The average Bonchev–Trinajstić information content (AvgIpc) is 2.41. The first kappa shape index (κ1) is 16.0. The third-order valence-corrected chi connectivity index (χ3v) is 2.88. The number of carboxylic acid groups (broad SMARTS) is 1. The van der Waals surface area contributed by atoms with Crippen LogP contribution in [0.5, 0.6) is 0 Å². The van der Waals surface area contributed by atoms with Crippen LogP contribution in [0.2, 0.25) is 0 Å². The van der Waals surface area contributed by atoms with E-state index in [0.717, 1.165) is 30.5 Å². The Morgan fingerprint density at radius 2 is 1.85 bits per heavy atom. The Kier molecular flexibility index (Phi) is 7.17. The largest absolute Gasteiger partial charge is 0.481 e. The molecule has 1 rings (SSSR count). The van der Waals surface area contributed by atoms with E-state index in [1.165, 1.54) is 0 Å². The van der Waals surface area contributed by atoms with Gasteiger partial charge >= 0.3 is 12.0 Å². The summed E-state index contributed by atoms with van der Waals surface area (Å²) < 4.78 is 0. The van der Waals surface area contributed by atoms with Crippen molar-refractivity contribution < 1.29 is 14.7 Å². The van der Waals surface area contributed by atoms with Gasteiger partial charge in [0.15, 0.2) is 0 Å². The second kappa shape index (κ2) is 8.96. The molecule has 0 heterocycles. The standard InChI is InChI=1S/C15H22N2O3/c1-2-3-11-16-15(20)17-13-9-7-12(8-10-13)5-4-6-14(18)19/h7-10H,2-6,11H2,1H3,(H,18,19)(H2,16,17,20). The summed E-state index contributed by atoms with van der Waals surface area (Å²) in [6, 6.07) is 7.27. The van der Waals surface area contributed by atoms with Gasteiger partial charge in [0.25, 0.3) is 0 Å². The Balaban J connectivity index is 2.34. The van der Waals surface area contributed by atoms with Crippen molar-refractivity contribution in [1.29, 1.82) is 0 Å². The number of urea groups is 1. The van der Waals surface area contributed by atoms with E-state index >= 15 is 0 Å². The molecule has 20 heavy (non-hydrogen) atoms.